The van der Waals surface area contributed by atoms with Gasteiger partial charge in [0.15, 0.2) is 0 Å². The second-order valence-corrected chi connectivity index (χ2v) is 4.89. The normalized spacial score (nSPS) is 12.3. The van der Waals surface area contributed by atoms with Crippen LogP contribution in [0.3, 0.4) is 0 Å². The Morgan fingerprint density at radius 3 is 2.63 bits per heavy atom. The maximum absolute atomic E-state index is 11.0. The molecular weight excluding hydrogens is 246 g/mol. The summed E-state index contributed by atoms with van der Waals surface area (Å²) in [6.45, 7) is 8.78. The lowest BCUT2D eigenvalue weighted by Crippen LogP contribution is -2.19. The van der Waals surface area contributed by atoms with Crippen LogP contribution in [0.2, 0.25) is 0 Å². The van der Waals surface area contributed by atoms with Gasteiger partial charge < -0.3 is 10.6 Å². The van der Waals surface area contributed by atoms with Gasteiger partial charge in [-0.3, -0.25) is 10.1 Å². The van der Waals surface area contributed by atoms with Crippen molar-refractivity contribution in [3.8, 4) is 0 Å². The molecule has 106 valence electrons. The van der Waals surface area contributed by atoms with Gasteiger partial charge in [-0.2, -0.15) is 4.98 Å². The van der Waals surface area contributed by atoms with Gasteiger partial charge in [0.1, 0.15) is 6.20 Å². The van der Waals surface area contributed by atoms with E-state index in [1.807, 2.05) is 13.8 Å². The van der Waals surface area contributed by atoms with Crippen LogP contribution in [0.4, 0.5) is 17.5 Å². The monoisotopic (exact) mass is 267 g/mol. The van der Waals surface area contributed by atoms with Crippen molar-refractivity contribution >= 4 is 17.5 Å². The minimum absolute atomic E-state index is 0.0998. The summed E-state index contributed by atoms with van der Waals surface area (Å²) in [4.78, 5) is 18.6. The van der Waals surface area contributed by atoms with E-state index in [0.717, 1.165) is 6.42 Å². The van der Waals surface area contributed by atoms with Crippen LogP contribution in [0.15, 0.2) is 6.20 Å². The second kappa shape index (κ2) is 6.86. The molecule has 0 amide bonds. The molecule has 0 aromatic carbocycles. The summed E-state index contributed by atoms with van der Waals surface area (Å²) < 4.78 is 0. The van der Waals surface area contributed by atoms with Crippen LogP contribution in [0.5, 0.6) is 0 Å². The highest BCUT2D eigenvalue weighted by Gasteiger charge is 2.19. The highest BCUT2D eigenvalue weighted by molar-refractivity contribution is 5.57. The average molecular weight is 267 g/mol. The Labute approximate surface area is 113 Å². The molecular formula is C12H21N5O2. The summed E-state index contributed by atoms with van der Waals surface area (Å²) in [7, 11) is 0. The van der Waals surface area contributed by atoms with Gasteiger partial charge in [-0.05, 0) is 26.2 Å². The van der Waals surface area contributed by atoms with Crippen molar-refractivity contribution in [2.24, 2.45) is 5.92 Å². The van der Waals surface area contributed by atoms with Crippen LogP contribution in [0.25, 0.3) is 0 Å². The Bertz CT molecular complexity index is 436. The summed E-state index contributed by atoms with van der Waals surface area (Å²) in [6.07, 6.45) is 2.15. The van der Waals surface area contributed by atoms with Gasteiger partial charge in [-0.15, -0.1) is 0 Å². The fourth-order valence-corrected chi connectivity index (χ4v) is 1.86. The molecule has 0 aliphatic rings. The molecule has 1 atom stereocenters. The number of hydrogen-bond donors (Lipinski definition) is 2. The van der Waals surface area contributed by atoms with Crippen molar-refractivity contribution in [1.29, 1.82) is 0 Å². The predicted molar refractivity (Wildman–Crippen MR) is 75.4 cm³/mol. The zero-order valence-electron chi connectivity index (χ0n) is 11.8. The number of aromatic nitrogens is 2. The van der Waals surface area contributed by atoms with E-state index in [9.17, 15) is 10.1 Å². The number of rotatable bonds is 7. The number of anilines is 2. The summed E-state index contributed by atoms with van der Waals surface area (Å²) in [5.74, 6) is 1.17. The van der Waals surface area contributed by atoms with Gasteiger partial charge in [0.05, 0.1) is 4.92 Å². The molecule has 0 aliphatic carbocycles. The molecule has 0 spiro atoms. The molecule has 1 aromatic rings. The van der Waals surface area contributed by atoms with Crippen LogP contribution in [0, 0.1) is 16.0 Å². The van der Waals surface area contributed by atoms with Gasteiger partial charge in [0.25, 0.3) is 0 Å². The Balaban J connectivity index is 2.93. The van der Waals surface area contributed by atoms with Crippen LogP contribution < -0.4 is 10.6 Å². The van der Waals surface area contributed by atoms with Crippen molar-refractivity contribution in [2.75, 3.05) is 17.2 Å². The summed E-state index contributed by atoms with van der Waals surface area (Å²) in [5.41, 5.74) is -0.0998. The molecule has 0 radical (unpaired) electrons. The minimum Gasteiger partial charge on any atom is -0.362 e. The zero-order valence-corrected chi connectivity index (χ0v) is 11.8. The predicted octanol–water partition coefficient (Wildman–Crippen LogP) is 2.66. The SMILES string of the molecule is CCNc1ncc([N+](=O)[O-])c(NC(C)CC(C)C)n1. The molecule has 1 aromatic heterocycles. The average Bonchev–Trinajstić information content (AvgIpc) is 2.27. The molecule has 19 heavy (non-hydrogen) atoms. The Kier molecular flexibility index (Phi) is 5.47. The van der Waals surface area contributed by atoms with Crippen LogP contribution in [0.1, 0.15) is 34.1 Å². The quantitative estimate of drug-likeness (QED) is 0.582. The van der Waals surface area contributed by atoms with Crippen molar-refractivity contribution in [3.05, 3.63) is 16.3 Å². The highest BCUT2D eigenvalue weighted by Crippen LogP contribution is 2.23. The van der Waals surface area contributed by atoms with Crippen LogP contribution >= 0.6 is 0 Å². The maximum atomic E-state index is 11.0. The molecule has 1 rings (SSSR count). The molecule has 7 heteroatoms. The fraction of sp³-hybridized carbons (Fsp3) is 0.667. The maximum Gasteiger partial charge on any atom is 0.329 e. The van der Waals surface area contributed by atoms with Gasteiger partial charge in [-0.1, -0.05) is 13.8 Å². The van der Waals surface area contributed by atoms with Crippen LogP contribution in [-0.4, -0.2) is 27.5 Å². The first kappa shape index (κ1) is 15.1. The Hall–Kier alpha value is -1.92. The first-order chi connectivity index (χ1) is 8.93. The zero-order chi connectivity index (χ0) is 14.4. The standard InChI is InChI=1S/C12H21N5O2/c1-5-13-12-14-7-10(17(18)19)11(16-12)15-9(4)6-8(2)3/h7-9H,5-6H2,1-4H3,(H2,13,14,15,16). The fourth-order valence-electron chi connectivity index (χ4n) is 1.86. The van der Waals surface area contributed by atoms with Crippen molar-refractivity contribution < 1.29 is 4.92 Å². The van der Waals surface area contributed by atoms with Crippen molar-refractivity contribution in [2.45, 2.75) is 40.2 Å². The number of hydrogen-bond acceptors (Lipinski definition) is 6. The van der Waals surface area contributed by atoms with E-state index in [1.165, 1.54) is 6.20 Å². The van der Waals surface area contributed by atoms with Crippen LogP contribution in [-0.2, 0) is 0 Å². The van der Waals surface area contributed by atoms with Gasteiger partial charge in [0, 0.05) is 12.6 Å². The lowest BCUT2D eigenvalue weighted by atomic mass is 10.1. The third-order valence-electron chi connectivity index (χ3n) is 2.51. The van der Waals surface area contributed by atoms with E-state index in [2.05, 4.69) is 34.4 Å². The lowest BCUT2D eigenvalue weighted by molar-refractivity contribution is -0.384. The molecule has 0 fully saturated rings. The third kappa shape index (κ3) is 4.69. The first-order valence-electron chi connectivity index (χ1n) is 6.45. The second-order valence-electron chi connectivity index (χ2n) is 4.89. The van der Waals surface area contributed by atoms with E-state index < -0.39 is 4.92 Å². The van der Waals surface area contributed by atoms with Crippen molar-refractivity contribution in [1.82, 2.24) is 9.97 Å². The third-order valence-corrected chi connectivity index (χ3v) is 2.51. The molecule has 0 bridgehead atoms. The summed E-state index contributed by atoms with van der Waals surface area (Å²) in [6, 6.07) is 0.114. The number of nitrogens with one attached hydrogen (secondary N) is 2. The van der Waals surface area contributed by atoms with Gasteiger partial charge in [-0.25, -0.2) is 4.98 Å². The minimum atomic E-state index is -0.472. The first-order valence-corrected chi connectivity index (χ1v) is 6.45. The van der Waals surface area contributed by atoms with Crippen molar-refractivity contribution in [3.63, 3.8) is 0 Å². The van der Waals surface area contributed by atoms with E-state index in [1.54, 1.807) is 0 Å². The van der Waals surface area contributed by atoms with E-state index in [0.29, 0.717) is 18.4 Å². The number of nitrogens with zero attached hydrogens (tertiary/aromatic N) is 3. The van der Waals surface area contributed by atoms with Gasteiger partial charge >= 0.3 is 5.69 Å². The Morgan fingerprint density at radius 1 is 1.42 bits per heavy atom. The van der Waals surface area contributed by atoms with E-state index >= 15 is 0 Å². The molecule has 1 unspecified atom stereocenters. The largest absolute Gasteiger partial charge is 0.362 e. The number of nitro groups is 1. The molecule has 7 nitrogen and oxygen atoms in total. The smallest absolute Gasteiger partial charge is 0.329 e. The molecule has 2 N–H and O–H groups in total. The summed E-state index contributed by atoms with van der Waals surface area (Å²) >= 11 is 0. The molecule has 0 saturated carbocycles. The Morgan fingerprint density at radius 2 is 2.11 bits per heavy atom. The van der Waals surface area contributed by atoms with E-state index in [4.69, 9.17) is 0 Å². The molecule has 0 saturated heterocycles. The lowest BCUT2D eigenvalue weighted by Gasteiger charge is -2.16. The molecule has 0 aliphatic heterocycles. The van der Waals surface area contributed by atoms with Gasteiger partial charge in [0.2, 0.25) is 11.8 Å². The van der Waals surface area contributed by atoms with E-state index in [-0.39, 0.29) is 17.5 Å². The molecule has 1 heterocycles. The topological polar surface area (TPSA) is 93.0 Å². The highest BCUT2D eigenvalue weighted by atomic mass is 16.6. The summed E-state index contributed by atoms with van der Waals surface area (Å²) in [5, 5.41) is 17.0.